The first-order valence-electron chi connectivity index (χ1n) is 9.13. The molecule has 0 aliphatic rings. The predicted molar refractivity (Wildman–Crippen MR) is 114 cm³/mol. The molecule has 3 rings (SSSR count). The number of para-hydroxylation sites is 1. The van der Waals surface area contributed by atoms with Crippen molar-refractivity contribution in [3.63, 3.8) is 0 Å². The van der Waals surface area contributed by atoms with E-state index in [9.17, 15) is 9.59 Å². The molecule has 0 radical (unpaired) electrons. The van der Waals surface area contributed by atoms with Gasteiger partial charge < -0.3 is 5.32 Å². The number of nitrogens with zero attached hydrogens (tertiary/aromatic N) is 2. The summed E-state index contributed by atoms with van der Waals surface area (Å²) in [7, 11) is 0. The zero-order chi connectivity index (χ0) is 19.9. The average molecular weight is 394 g/mol. The van der Waals surface area contributed by atoms with Gasteiger partial charge in [-0.3, -0.25) is 14.2 Å². The zero-order valence-corrected chi connectivity index (χ0v) is 16.8. The van der Waals surface area contributed by atoms with Crippen LogP contribution >= 0.6 is 11.8 Å². The van der Waals surface area contributed by atoms with Crippen molar-refractivity contribution in [3.8, 4) is 0 Å². The minimum Gasteiger partial charge on any atom is -0.324 e. The second-order valence-corrected chi connectivity index (χ2v) is 7.61. The number of thioether (sulfide) groups is 1. The number of nitrogens with one attached hydrogen (secondary N) is 1. The van der Waals surface area contributed by atoms with Crippen LogP contribution in [0.5, 0.6) is 0 Å². The summed E-state index contributed by atoms with van der Waals surface area (Å²) in [5, 5.41) is 3.44. The topological polar surface area (TPSA) is 64.0 Å². The van der Waals surface area contributed by atoms with Crippen molar-refractivity contribution in [2.24, 2.45) is 0 Å². The quantitative estimate of drug-likeness (QED) is 0.489. The van der Waals surface area contributed by atoms with Gasteiger partial charge in [-0.25, -0.2) is 4.98 Å². The number of hydrogen-bond acceptors (Lipinski definition) is 4. The van der Waals surface area contributed by atoms with Crippen LogP contribution in [0.1, 0.15) is 16.8 Å². The van der Waals surface area contributed by atoms with Crippen LogP contribution in [-0.2, 0) is 17.8 Å². The molecule has 1 aromatic heterocycles. The molecule has 5 nitrogen and oxygen atoms in total. The van der Waals surface area contributed by atoms with Crippen molar-refractivity contribution < 1.29 is 4.79 Å². The maximum atomic E-state index is 12.5. The monoisotopic (exact) mass is 393 g/mol. The fraction of sp³-hybridized carbons (Fsp3) is 0.227. The summed E-state index contributed by atoms with van der Waals surface area (Å²) in [6.07, 6.45) is 0.866. The van der Waals surface area contributed by atoms with Crippen LogP contribution in [0, 0.1) is 13.8 Å². The van der Waals surface area contributed by atoms with E-state index in [4.69, 9.17) is 0 Å². The first kappa shape index (κ1) is 19.9. The molecule has 28 heavy (non-hydrogen) atoms. The lowest BCUT2D eigenvalue weighted by Gasteiger charge is -2.13. The number of benzene rings is 2. The summed E-state index contributed by atoms with van der Waals surface area (Å²) < 4.78 is 1.44. The third-order valence-electron chi connectivity index (χ3n) is 4.29. The van der Waals surface area contributed by atoms with Gasteiger partial charge in [-0.2, -0.15) is 0 Å². The Bertz CT molecular complexity index is 1020. The van der Waals surface area contributed by atoms with Crippen LogP contribution in [0.3, 0.4) is 0 Å². The smallest absolute Gasteiger partial charge is 0.254 e. The minimum absolute atomic E-state index is 0.0614. The molecule has 1 N–H and O–H groups in total. The van der Waals surface area contributed by atoms with Crippen molar-refractivity contribution in [2.75, 3.05) is 11.1 Å². The SMILES string of the molecule is Cc1cc(=O)n(CC(=O)Nc2ccccc2C)c(SCCc2ccccc2)n1. The molecule has 0 spiro atoms. The van der Waals surface area contributed by atoms with Gasteiger partial charge in [-0.1, -0.05) is 60.3 Å². The largest absolute Gasteiger partial charge is 0.324 e. The Morgan fingerprint density at radius 1 is 1.07 bits per heavy atom. The summed E-state index contributed by atoms with van der Waals surface area (Å²) in [6.45, 7) is 3.66. The zero-order valence-electron chi connectivity index (χ0n) is 16.0. The number of amides is 1. The van der Waals surface area contributed by atoms with Gasteiger partial charge in [0.1, 0.15) is 6.54 Å². The molecular weight excluding hydrogens is 370 g/mol. The van der Waals surface area contributed by atoms with E-state index < -0.39 is 0 Å². The molecule has 0 fully saturated rings. The Morgan fingerprint density at radius 3 is 2.54 bits per heavy atom. The van der Waals surface area contributed by atoms with Crippen molar-refractivity contribution in [1.82, 2.24) is 9.55 Å². The Balaban J connectivity index is 1.72. The number of aryl methyl sites for hydroxylation is 3. The van der Waals surface area contributed by atoms with Crippen molar-refractivity contribution >= 4 is 23.4 Å². The lowest BCUT2D eigenvalue weighted by molar-refractivity contribution is -0.116. The first-order chi connectivity index (χ1) is 13.5. The molecule has 0 saturated heterocycles. The summed E-state index contributed by atoms with van der Waals surface area (Å²) >= 11 is 1.49. The van der Waals surface area contributed by atoms with Gasteiger partial charge in [-0.05, 0) is 37.5 Å². The van der Waals surface area contributed by atoms with E-state index in [-0.39, 0.29) is 18.0 Å². The van der Waals surface area contributed by atoms with Gasteiger partial charge in [0.25, 0.3) is 5.56 Å². The van der Waals surface area contributed by atoms with E-state index in [0.717, 1.165) is 23.4 Å². The van der Waals surface area contributed by atoms with E-state index in [1.54, 1.807) is 6.92 Å². The first-order valence-corrected chi connectivity index (χ1v) is 10.1. The fourth-order valence-corrected chi connectivity index (χ4v) is 3.84. The minimum atomic E-state index is -0.244. The van der Waals surface area contributed by atoms with E-state index in [0.29, 0.717) is 10.9 Å². The maximum absolute atomic E-state index is 12.5. The van der Waals surface area contributed by atoms with E-state index >= 15 is 0 Å². The number of hydrogen-bond donors (Lipinski definition) is 1. The van der Waals surface area contributed by atoms with Crippen molar-refractivity contribution in [1.29, 1.82) is 0 Å². The molecule has 0 bridgehead atoms. The van der Waals surface area contributed by atoms with Gasteiger partial charge in [0.05, 0.1) is 0 Å². The van der Waals surface area contributed by atoms with Crippen LogP contribution in [0.4, 0.5) is 5.69 Å². The van der Waals surface area contributed by atoms with Crippen molar-refractivity contribution in [3.05, 3.63) is 87.8 Å². The fourth-order valence-electron chi connectivity index (χ4n) is 2.80. The van der Waals surface area contributed by atoms with E-state index in [1.165, 1.54) is 28.0 Å². The Morgan fingerprint density at radius 2 is 1.79 bits per heavy atom. The highest BCUT2D eigenvalue weighted by atomic mass is 32.2. The normalized spacial score (nSPS) is 10.6. The second kappa shape index (κ2) is 9.37. The number of carbonyl (C=O) groups is 1. The molecule has 144 valence electrons. The Kier molecular flexibility index (Phi) is 6.66. The van der Waals surface area contributed by atoms with Crippen LogP contribution in [0.2, 0.25) is 0 Å². The predicted octanol–water partition coefficient (Wildman–Crippen LogP) is 3.83. The highest BCUT2D eigenvalue weighted by Gasteiger charge is 2.13. The highest BCUT2D eigenvalue weighted by molar-refractivity contribution is 7.99. The lowest BCUT2D eigenvalue weighted by atomic mass is 10.2. The van der Waals surface area contributed by atoms with Crippen LogP contribution in [0.15, 0.2) is 70.6 Å². The second-order valence-electron chi connectivity index (χ2n) is 6.55. The Hall–Kier alpha value is -2.86. The van der Waals surface area contributed by atoms with E-state index in [1.807, 2.05) is 49.4 Å². The van der Waals surface area contributed by atoms with Gasteiger partial charge in [0, 0.05) is 23.2 Å². The standard InChI is InChI=1S/C22H23N3O2S/c1-16-8-6-7-11-19(16)24-20(26)15-25-21(27)14-17(2)23-22(25)28-13-12-18-9-4-3-5-10-18/h3-11,14H,12-13,15H2,1-2H3,(H,24,26). The lowest BCUT2D eigenvalue weighted by Crippen LogP contribution is -2.29. The molecule has 0 aliphatic heterocycles. The number of anilines is 1. The van der Waals surface area contributed by atoms with Gasteiger partial charge in [0.15, 0.2) is 5.16 Å². The molecule has 0 aliphatic carbocycles. The number of carbonyl (C=O) groups excluding carboxylic acids is 1. The summed E-state index contributed by atoms with van der Waals surface area (Å²) in [5.74, 6) is 0.534. The van der Waals surface area contributed by atoms with Crippen LogP contribution in [-0.4, -0.2) is 21.2 Å². The molecule has 2 aromatic carbocycles. The molecule has 3 aromatic rings. The molecule has 0 atom stereocenters. The molecule has 1 amide bonds. The molecule has 0 saturated carbocycles. The number of aromatic nitrogens is 2. The van der Waals surface area contributed by atoms with Crippen molar-refractivity contribution in [2.45, 2.75) is 32.0 Å². The summed E-state index contributed by atoms with van der Waals surface area (Å²) in [6, 6.07) is 19.2. The van der Waals surface area contributed by atoms with Gasteiger partial charge >= 0.3 is 0 Å². The summed E-state index contributed by atoms with van der Waals surface area (Å²) in [5.41, 5.74) is 3.40. The molecule has 6 heteroatoms. The van der Waals surface area contributed by atoms with Gasteiger partial charge in [0.2, 0.25) is 5.91 Å². The van der Waals surface area contributed by atoms with Gasteiger partial charge in [-0.15, -0.1) is 0 Å². The third kappa shape index (κ3) is 5.33. The summed E-state index contributed by atoms with van der Waals surface area (Å²) in [4.78, 5) is 29.5. The molecule has 1 heterocycles. The highest BCUT2D eigenvalue weighted by Crippen LogP contribution is 2.17. The van der Waals surface area contributed by atoms with Crippen LogP contribution < -0.4 is 10.9 Å². The van der Waals surface area contributed by atoms with Crippen LogP contribution in [0.25, 0.3) is 0 Å². The third-order valence-corrected chi connectivity index (χ3v) is 5.27. The van der Waals surface area contributed by atoms with E-state index in [2.05, 4.69) is 22.4 Å². The average Bonchev–Trinajstić information content (AvgIpc) is 2.67. The maximum Gasteiger partial charge on any atom is 0.254 e. The Labute approximate surface area is 168 Å². The number of rotatable bonds is 7. The molecular formula is C22H23N3O2S. The molecule has 0 unspecified atom stereocenters.